The summed E-state index contributed by atoms with van der Waals surface area (Å²) in [6, 6.07) is 0. The van der Waals surface area contributed by atoms with Crippen LogP contribution < -0.4 is 0 Å². The lowest BCUT2D eigenvalue weighted by molar-refractivity contribution is -0.0951. The van der Waals surface area contributed by atoms with Crippen molar-refractivity contribution in [1.82, 2.24) is 0 Å². The Bertz CT molecular complexity index is 161. The molecule has 11 heavy (non-hydrogen) atoms. The lowest BCUT2D eigenvalue weighted by atomic mass is 10.1. The molecule has 0 fully saturated rings. The zero-order valence-corrected chi connectivity index (χ0v) is 6.69. The lowest BCUT2D eigenvalue weighted by Crippen LogP contribution is -2.29. The average Bonchev–Trinajstić information content (AvgIpc) is 1.86. The molecule has 1 nitrogen and oxygen atoms in total. The van der Waals surface area contributed by atoms with Gasteiger partial charge in [-0.3, -0.25) is 0 Å². The Morgan fingerprint density at radius 2 is 2.09 bits per heavy atom. The van der Waals surface area contributed by atoms with Crippen molar-refractivity contribution in [2.45, 2.75) is 38.7 Å². The fourth-order valence-electron chi connectivity index (χ4n) is 0.587. The molecule has 0 spiro atoms. The van der Waals surface area contributed by atoms with Gasteiger partial charge in [0, 0.05) is 13.3 Å². The van der Waals surface area contributed by atoms with E-state index in [0.717, 1.165) is 0 Å². The van der Waals surface area contributed by atoms with Crippen molar-refractivity contribution in [3.63, 3.8) is 0 Å². The summed E-state index contributed by atoms with van der Waals surface area (Å²) in [7, 11) is 0. The molecule has 0 aliphatic rings. The molecule has 0 aliphatic carbocycles. The molecule has 0 heterocycles. The molecule has 0 rings (SSSR count). The van der Waals surface area contributed by atoms with E-state index in [2.05, 4.69) is 11.8 Å². The van der Waals surface area contributed by atoms with Gasteiger partial charge in [0.15, 0.2) is 0 Å². The van der Waals surface area contributed by atoms with Gasteiger partial charge >= 0.3 is 0 Å². The predicted octanol–water partition coefficient (Wildman–Crippen LogP) is 1.81. The summed E-state index contributed by atoms with van der Waals surface area (Å²) in [5, 5.41) is 8.79. The van der Waals surface area contributed by atoms with E-state index < -0.39 is 12.0 Å². The number of rotatable bonds is 3. The van der Waals surface area contributed by atoms with Crippen molar-refractivity contribution in [1.29, 1.82) is 0 Å². The summed E-state index contributed by atoms with van der Waals surface area (Å²) >= 11 is 0. The fourth-order valence-corrected chi connectivity index (χ4v) is 0.587. The highest BCUT2D eigenvalue weighted by molar-refractivity contribution is 4.95. The molecule has 0 radical (unpaired) electrons. The Kier molecular flexibility index (Phi) is 4.06. The van der Waals surface area contributed by atoms with Crippen LogP contribution in [0.2, 0.25) is 0 Å². The summed E-state index contributed by atoms with van der Waals surface area (Å²) < 4.78 is 24.5. The van der Waals surface area contributed by atoms with E-state index in [9.17, 15) is 8.78 Å². The highest BCUT2D eigenvalue weighted by Crippen LogP contribution is 2.20. The Balaban J connectivity index is 3.67. The molecule has 64 valence electrons. The zero-order valence-electron chi connectivity index (χ0n) is 6.69. The van der Waals surface area contributed by atoms with Gasteiger partial charge in [-0.15, -0.1) is 11.8 Å². The summed E-state index contributed by atoms with van der Waals surface area (Å²) in [4.78, 5) is 0. The molecule has 0 aromatic carbocycles. The van der Waals surface area contributed by atoms with Crippen LogP contribution in [0.3, 0.4) is 0 Å². The van der Waals surface area contributed by atoms with E-state index in [-0.39, 0.29) is 6.42 Å². The Morgan fingerprint density at radius 3 is 2.45 bits per heavy atom. The van der Waals surface area contributed by atoms with E-state index in [1.807, 2.05) is 0 Å². The minimum atomic E-state index is -3.00. The van der Waals surface area contributed by atoms with Crippen molar-refractivity contribution in [2.75, 3.05) is 0 Å². The minimum absolute atomic E-state index is 0.0321. The quantitative estimate of drug-likeness (QED) is 0.627. The second-order valence-corrected chi connectivity index (χ2v) is 2.44. The van der Waals surface area contributed by atoms with Crippen LogP contribution in [0.1, 0.15) is 26.7 Å². The molecule has 0 aliphatic heterocycles. The van der Waals surface area contributed by atoms with Crippen LogP contribution in [0.4, 0.5) is 8.78 Å². The first-order valence-corrected chi connectivity index (χ1v) is 3.44. The van der Waals surface area contributed by atoms with Crippen LogP contribution in [0.5, 0.6) is 0 Å². The molecule has 0 saturated carbocycles. The van der Waals surface area contributed by atoms with Gasteiger partial charge in [-0.1, -0.05) is 0 Å². The van der Waals surface area contributed by atoms with Gasteiger partial charge in [-0.05, 0) is 13.3 Å². The smallest absolute Gasteiger partial charge is 0.270 e. The first-order chi connectivity index (χ1) is 4.98. The largest absolute Gasteiger partial charge is 0.387 e. The van der Waals surface area contributed by atoms with Crippen molar-refractivity contribution in [3.05, 3.63) is 0 Å². The molecular formula is C8H12F2O. The zero-order chi connectivity index (χ0) is 8.91. The van der Waals surface area contributed by atoms with E-state index >= 15 is 0 Å². The van der Waals surface area contributed by atoms with Crippen LogP contribution >= 0.6 is 0 Å². The number of alkyl halides is 2. The normalized spacial score (nSPS) is 13.5. The molecule has 0 aromatic heterocycles. The second-order valence-electron chi connectivity index (χ2n) is 2.44. The van der Waals surface area contributed by atoms with Gasteiger partial charge in [-0.2, -0.15) is 0 Å². The summed E-state index contributed by atoms with van der Waals surface area (Å²) in [6.45, 7) is 2.34. The van der Waals surface area contributed by atoms with Gasteiger partial charge in [0.2, 0.25) is 0 Å². The standard InChI is InChI=1S/C8H12F2O/c1-3-4-5-6-7(11)8(2,9)10/h7,11H,5-6H2,1-2H3. The van der Waals surface area contributed by atoms with E-state index in [1.165, 1.54) is 0 Å². The molecule has 3 heteroatoms. The fraction of sp³-hybridized carbons (Fsp3) is 0.750. The van der Waals surface area contributed by atoms with E-state index in [0.29, 0.717) is 13.3 Å². The molecule has 0 saturated heterocycles. The monoisotopic (exact) mass is 162 g/mol. The van der Waals surface area contributed by atoms with Crippen molar-refractivity contribution in [2.24, 2.45) is 0 Å². The van der Waals surface area contributed by atoms with Gasteiger partial charge in [0.05, 0.1) is 0 Å². The first kappa shape index (κ1) is 10.4. The highest BCUT2D eigenvalue weighted by atomic mass is 19.3. The number of halogens is 2. The van der Waals surface area contributed by atoms with Gasteiger partial charge in [0.1, 0.15) is 6.10 Å². The topological polar surface area (TPSA) is 20.2 Å². The van der Waals surface area contributed by atoms with Crippen molar-refractivity contribution < 1.29 is 13.9 Å². The Hall–Kier alpha value is -0.620. The van der Waals surface area contributed by atoms with Crippen LogP contribution in [-0.2, 0) is 0 Å². The summed E-state index contributed by atoms with van der Waals surface area (Å²) in [5.41, 5.74) is 0. The number of hydrogen-bond donors (Lipinski definition) is 1. The molecular weight excluding hydrogens is 150 g/mol. The van der Waals surface area contributed by atoms with Gasteiger partial charge in [-0.25, -0.2) is 8.78 Å². The molecule has 1 unspecified atom stereocenters. The van der Waals surface area contributed by atoms with Gasteiger partial charge in [0.25, 0.3) is 5.92 Å². The number of aliphatic hydroxyl groups excluding tert-OH is 1. The van der Waals surface area contributed by atoms with Crippen LogP contribution in [0.25, 0.3) is 0 Å². The maximum Gasteiger partial charge on any atom is 0.270 e. The van der Waals surface area contributed by atoms with Crippen LogP contribution in [-0.4, -0.2) is 17.1 Å². The Labute approximate surface area is 65.4 Å². The maximum absolute atomic E-state index is 12.2. The SMILES string of the molecule is CC#CCCC(O)C(C)(F)F. The minimum Gasteiger partial charge on any atom is -0.387 e. The molecule has 1 atom stereocenters. The molecule has 1 N–H and O–H groups in total. The van der Waals surface area contributed by atoms with E-state index in [4.69, 9.17) is 5.11 Å². The number of hydrogen-bond acceptors (Lipinski definition) is 1. The molecule has 0 amide bonds. The van der Waals surface area contributed by atoms with Crippen LogP contribution in [0, 0.1) is 11.8 Å². The molecule has 0 aromatic rings. The lowest BCUT2D eigenvalue weighted by Gasteiger charge is -2.16. The molecule has 0 bridgehead atoms. The first-order valence-electron chi connectivity index (χ1n) is 3.44. The third-order valence-electron chi connectivity index (χ3n) is 1.30. The summed E-state index contributed by atoms with van der Waals surface area (Å²) in [5.74, 6) is 2.17. The van der Waals surface area contributed by atoms with Crippen molar-refractivity contribution in [3.8, 4) is 11.8 Å². The highest BCUT2D eigenvalue weighted by Gasteiger charge is 2.31. The Morgan fingerprint density at radius 1 is 1.55 bits per heavy atom. The average molecular weight is 162 g/mol. The van der Waals surface area contributed by atoms with Crippen molar-refractivity contribution >= 4 is 0 Å². The van der Waals surface area contributed by atoms with Gasteiger partial charge < -0.3 is 5.11 Å². The second kappa shape index (κ2) is 4.30. The third-order valence-corrected chi connectivity index (χ3v) is 1.30. The van der Waals surface area contributed by atoms with Crippen LogP contribution in [0.15, 0.2) is 0 Å². The number of aliphatic hydroxyl groups is 1. The maximum atomic E-state index is 12.2. The van der Waals surface area contributed by atoms with E-state index in [1.54, 1.807) is 6.92 Å². The summed E-state index contributed by atoms with van der Waals surface area (Å²) in [6.07, 6.45) is -1.21. The predicted molar refractivity (Wildman–Crippen MR) is 39.3 cm³/mol. The third kappa shape index (κ3) is 4.74.